The van der Waals surface area contributed by atoms with Crippen molar-refractivity contribution in [1.82, 2.24) is 10.2 Å². The van der Waals surface area contributed by atoms with Crippen LogP contribution in [-0.2, 0) is 9.59 Å². The second-order valence-corrected chi connectivity index (χ2v) is 5.56. The number of carboxylic acid groups (broad SMARTS) is 1. The van der Waals surface area contributed by atoms with Gasteiger partial charge in [-0.1, -0.05) is 30.3 Å². The topological polar surface area (TPSA) is 95.1 Å². The minimum atomic E-state index is -0.922. The van der Waals surface area contributed by atoms with Crippen LogP contribution in [0.1, 0.15) is 24.3 Å². The van der Waals surface area contributed by atoms with Gasteiger partial charge in [-0.05, 0) is 30.2 Å². The van der Waals surface area contributed by atoms with Crippen LogP contribution < -0.4 is 5.32 Å². The van der Waals surface area contributed by atoms with Gasteiger partial charge in [0, 0.05) is 17.5 Å². The van der Waals surface area contributed by atoms with E-state index in [1.165, 1.54) is 0 Å². The first-order chi connectivity index (χ1) is 11.6. The number of benzene rings is 2. The number of fused-ring (bicyclic) bond motifs is 1. The largest absolute Gasteiger partial charge is 0.481 e. The number of nitrogens with zero attached hydrogens (tertiary/aromatic N) is 1. The molecule has 2 aromatic carbocycles. The fourth-order valence-electron chi connectivity index (χ4n) is 2.64. The Kier molecular flexibility index (Phi) is 4.56. The normalized spacial score (nSPS) is 12.0. The fraction of sp³-hybridized carbons (Fsp3) is 0.167. The first-order valence-electron chi connectivity index (χ1n) is 7.64. The summed E-state index contributed by atoms with van der Waals surface area (Å²) >= 11 is 0. The number of aromatic amines is 1. The minimum absolute atomic E-state index is 0.134. The van der Waals surface area contributed by atoms with Crippen molar-refractivity contribution in [1.29, 1.82) is 0 Å². The summed E-state index contributed by atoms with van der Waals surface area (Å²) in [5.74, 6) is -1.82. The smallest absolute Gasteiger partial charge is 0.310 e. The number of nitrogens with one attached hydrogen (secondary N) is 2. The van der Waals surface area contributed by atoms with Gasteiger partial charge in [0.05, 0.1) is 17.6 Å². The summed E-state index contributed by atoms with van der Waals surface area (Å²) < 4.78 is 0. The maximum Gasteiger partial charge on any atom is 0.310 e. The van der Waals surface area contributed by atoms with E-state index in [1.54, 1.807) is 36.5 Å². The predicted octanol–water partition coefficient (Wildman–Crippen LogP) is 3.15. The Bertz CT molecular complexity index is 858. The Hall–Kier alpha value is -3.15. The number of rotatable bonds is 6. The zero-order chi connectivity index (χ0) is 16.9. The summed E-state index contributed by atoms with van der Waals surface area (Å²) in [6, 6.07) is 14.4. The lowest BCUT2D eigenvalue weighted by Crippen LogP contribution is -2.17. The number of aromatic nitrogens is 2. The first-order valence-corrected chi connectivity index (χ1v) is 7.64. The minimum Gasteiger partial charge on any atom is -0.481 e. The van der Waals surface area contributed by atoms with Crippen molar-refractivity contribution in [2.24, 2.45) is 0 Å². The fourth-order valence-corrected chi connectivity index (χ4v) is 2.64. The van der Waals surface area contributed by atoms with Gasteiger partial charge < -0.3 is 10.4 Å². The second-order valence-electron chi connectivity index (χ2n) is 5.56. The van der Waals surface area contributed by atoms with E-state index >= 15 is 0 Å². The summed E-state index contributed by atoms with van der Waals surface area (Å²) in [5.41, 5.74) is 2.26. The van der Waals surface area contributed by atoms with Crippen LogP contribution in [0.3, 0.4) is 0 Å². The predicted molar refractivity (Wildman–Crippen MR) is 90.8 cm³/mol. The Balaban J connectivity index is 1.62. The molecule has 1 unspecified atom stereocenters. The molecule has 6 nitrogen and oxygen atoms in total. The molecule has 0 radical (unpaired) electrons. The number of carboxylic acids is 1. The number of anilines is 1. The highest BCUT2D eigenvalue weighted by atomic mass is 16.4. The molecular weight excluding hydrogens is 306 g/mol. The SMILES string of the molecule is O=C(CCC(C(=O)O)c1ccccc1)Nc1ccc2[nH]ncc2c1. The average Bonchev–Trinajstić information content (AvgIpc) is 3.03. The van der Waals surface area contributed by atoms with E-state index in [0.717, 1.165) is 10.9 Å². The lowest BCUT2D eigenvalue weighted by atomic mass is 9.94. The summed E-state index contributed by atoms with van der Waals surface area (Å²) in [6.45, 7) is 0. The molecule has 1 amide bonds. The van der Waals surface area contributed by atoms with E-state index in [-0.39, 0.29) is 18.7 Å². The third-order valence-electron chi connectivity index (χ3n) is 3.88. The molecule has 122 valence electrons. The van der Waals surface area contributed by atoms with Crippen molar-refractivity contribution in [2.75, 3.05) is 5.32 Å². The third-order valence-corrected chi connectivity index (χ3v) is 3.88. The van der Waals surface area contributed by atoms with Gasteiger partial charge in [0.25, 0.3) is 0 Å². The number of hydrogen-bond acceptors (Lipinski definition) is 3. The van der Waals surface area contributed by atoms with Crippen LogP contribution in [0, 0.1) is 0 Å². The molecule has 24 heavy (non-hydrogen) atoms. The highest BCUT2D eigenvalue weighted by molar-refractivity contribution is 5.93. The second kappa shape index (κ2) is 6.95. The van der Waals surface area contributed by atoms with Gasteiger partial charge in [0.1, 0.15) is 0 Å². The van der Waals surface area contributed by atoms with Crippen LogP contribution in [-0.4, -0.2) is 27.2 Å². The van der Waals surface area contributed by atoms with Crippen LogP contribution in [0.5, 0.6) is 0 Å². The Morgan fingerprint density at radius 2 is 1.96 bits per heavy atom. The zero-order valence-electron chi connectivity index (χ0n) is 12.9. The monoisotopic (exact) mass is 323 g/mol. The van der Waals surface area contributed by atoms with E-state index < -0.39 is 11.9 Å². The maximum atomic E-state index is 12.1. The molecule has 0 saturated heterocycles. The van der Waals surface area contributed by atoms with Crippen molar-refractivity contribution in [3.8, 4) is 0 Å². The van der Waals surface area contributed by atoms with Crippen molar-refractivity contribution in [2.45, 2.75) is 18.8 Å². The number of carbonyl (C=O) groups excluding carboxylic acids is 1. The average molecular weight is 323 g/mol. The van der Waals surface area contributed by atoms with Gasteiger partial charge in [-0.2, -0.15) is 5.10 Å². The van der Waals surface area contributed by atoms with Gasteiger partial charge in [-0.3, -0.25) is 14.7 Å². The van der Waals surface area contributed by atoms with Crippen LogP contribution in [0.15, 0.2) is 54.7 Å². The summed E-state index contributed by atoms with van der Waals surface area (Å²) in [4.78, 5) is 23.6. The molecular formula is C18H17N3O3. The van der Waals surface area contributed by atoms with Crippen LogP contribution in [0.2, 0.25) is 0 Å². The third kappa shape index (κ3) is 3.60. The highest BCUT2D eigenvalue weighted by Crippen LogP contribution is 2.22. The van der Waals surface area contributed by atoms with E-state index in [9.17, 15) is 14.7 Å². The molecule has 0 aliphatic carbocycles. The van der Waals surface area contributed by atoms with Gasteiger partial charge in [0.15, 0.2) is 0 Å². The van der Waals surface area contributed by atoms with Gasteiger partial charge in [-0.25, -0.2) is 0 Å². The molecule has 0 fully saturated rings. The van der Waals surface area contributed by atoms with Gasteiger partial charge in [-0.15, -0.1) is 0 Å². The van der Waals surface area contributed by atoms with Gasteiger partial charge >= 0.3 is 5.97 Å². The molecule has 0 bridgehead atoms. The van der Waals surface area contributed by atoms with E-state index in [0.29, 0.717) is 11.3 Å². The molecule has 0 aliphatic heterocycles. The van der Waals surface area contributed by atoms with Gasteiger partial charge in [0.2, 0.25) is 5.91 Å². The first kappa shape index (κ1) is 15.7. The standard InChI is InChI=1S/C18H17N3O3/c22-17(20-14-6-8-16-13(10-14)11-19-21-16)9-7-15(18(23)24)12-4-2-1-3-5-12/h1-6,8,10-11,15H,7,9H2,(H,19,21)(H,20,22)(H,23,24). The molecule has 1 aromatic heterocycles. The Labute approximate surface area is 138 Å². The summed E-state index contributed by atoms with van der Waals surface area (Å²) in [5, 5.41) is 19.9. The molecule has 1 atom stereocenters. The molecule has 0 aliphatic rings. The Morgan fingerprint density at radius 1 is 1.17 bits per heavy atom. The molecule has 6 heteroatoms. The lowest BCUT2D eigenvalue weighted by Gasteiger charge is -2.12. The number of hydrogen-bond donors (Lipinski definition) is 3. The van der Waals surface area contributed by atoms with Crippen LogP contribution >= 0.6 is 0 Å². The van der Waals surface area contributed by atoms with Crippen LogP contribution in [0.4, 0.5) is 5.69 Å². The van der Waals surface area contributed by atoms with Crippen molar-refractivity contribution in [3.63, 3.8) is 0 Å². The molecule has 1 heterocycles. The van der Waals surface area contributed by atoms with E-state index in [2.05, 4.69) is 15.5 Å². The number of amides is 1. The molecule has 3 rings (SSSR count). The molecule has 0 saturated carbocycles. The molecule has 3 N–H and O–H groups in total. The lowest BCUT2D eigenvalue weighted by molar-refractivity contribution is -0.139. The quantitative estimate of drug-likeness (QED) is 0.649. The summed E-state index contributed by atoms with van der Waals surface area (Å²) in [7, 11) is 0. The highest BCUT2D eigenvalue weighted by Gasteiger charge is 2.20. The van der Waals surface area contributed by atoms with Crippen molar-refractivity contribution >= 4 is 28.5 Å². The van der Waals surface area contributed by atoms with E-state index in [1.807, 2.05) is 18.2 Å². The van der Waals surface area contributed by atoms with Crippen LogP contribution in [0.25, 0.3) is 10.9 Å². The number of carbonyl (C=O) groups is 2. The molecule has 3 aromatic rings. The molecule has 0 spiro atoms. The summed E-state index contributed by atoms with van der Waals surface area (Å²) in [6.07, 6.45) is 2.06. The maximum absolute atomic E-state index is 12.1. The van der Waals surface area contributed by atoms with E-state index in [4.69, 9.17) is 0 Å². The zero-order valence-corrected chi connectivity index (χ0v) is 12.9. The van der Waals surface area contributed by atoms with Crippen molar-refractivity contribution in [3.05, 3.63) is 60.3 Å². The number of H-pyrrole nitrogens is 1. The van der Waals surface area contributed by atoms with Crippen molar-refractivity contribution < 1.29 is 14.7 Å². The Morgan fingerprint density at radius 3 is 2.71 bits per heavy atom. The number of aliphatic carboxylic acids is 1.